The van der Waals surface area contributed by atoms with E-state index in [2.05, 4.69) is 5.32 Å². The third-order valence-corrected chi connectivity index (χ3v) is 3.03. The van der Waals surface area contributed by atoms with Crippen molar-refractivity contribution in [1.29, 1.82) is 0 Å². The van der Waals surface area contributed by atoms with E-state index in [0.29, 0.717) is 23.9 Å². The van der Waals surface area contributed by atoms with Gasteiger partial charge in [-0.05, 0) is 31.0 Å². The molecule has 1 aromatic rings. The number of nitrogens with one attached hydrogen (secondary N) is 1. The molecule has 1 aliphatic heterocycles. The molecule has 2 N–H and O–H groups in total. The van der Waals surface area contributed by atoms with E-state index in [9.17, 15) is 4.79 Å². The summed E-state index contributed by atoms with van der Waals surface area (Å²) >= 11 is 5.88. The van der Waals surface area contributed by atoms with E-state index in [4.69, 9.17) is 21.4 Å². The smallest absolute Gasteiger partial charge is 0.337 e. The van der Waals surface area contributed by atoms with Crippen LogP contribution in [0, 0.1) is 0 Å². The zero-order valence-electron chi connectivity index (χ0n) is 9.28. The Morgan fingerprint density at radius 3 is 2.76 bits per heavy atom. The molecule has 5 heteroatoms. The van der Waals surface area contributed by atoms with Gasteiger partial charge in [-0.25, -0.2) is 4.79 Å². The average Bonchev–Trinajstić information content (AvgIpc) is 2.30. The number of ether oxygens (including phenoxy) is 1. The van der Waals surface area contributed by atoms with Crippen molar-refractivity contribution < 1.29 is 14.6 Å². The number of benzene rings is 1. The van der Waals surface area contributed by atoms with Crippen LogP contribution in [0.2, 0.25) is 5.02 Å². The molecule has 4 nitrogen and oxygen atoms in total. The minimum atomic E-state index is -0.948. The summed E-state index contributed by atoms with van der Waals surface area (Å²) in [4.78, 5) is 11.1. The minimum Gasteiger partial charge on any atom is -0.478 e. The van der Waals surface area contributed by atoms with Crippen molar-refractivity contribution in [3.63, 3.8) is 0 Å². The fraction of sp³-hybridized carbons (Fsp3) is 0.417. The van der Waals surface area contributed by atoms with Crippen LogP contribution in [0.1, 0.15) is 23.2 Å². The normalized spacial score (nSPS) is 16.8. The van der Waals surface area contributed by atoms with Crippen molar-refractivity contribution in [2.24, 2.45) is 0 Å². The molecule has 0 aromatic heterocycles. The Kier molecular flexibility index (Phi) is 3.86. The first-order chi connectivity index (χ1) is 8.16. The van der Waals surface area contributed by atoms with E-state index in [1.54, 1.807) is 12.1 Å². The second-order valence-corrected chi connectivity index (χ2v) is 4.46. The Morgan fingerprint density at radius 1 is 1.41 bits per heavy atom. The number of hydrogen-bond acceptors (Lipinski definition) is 3. The fourth-order valence-electron chi connectivity index (χ4n) is 1.88. The first-order valence-electron chi connectivity index (χ1n) is 5.54. The number of aromatic carboxylic acids is 1. The van der Waals surface area contributed by atoms with E-state index < -0.39 is 5.97 Å². The van der Waals surface area contributed by atoms with Gasteiger partial charge in [-0.2, -0.15) is 0 Å². The largest absolute Gasteiger partial charge is 0.478 e. The van der Waals surface area contributed by atoms with Gasteiger partial charge in [0.05, 0.1) is 11.3 Å². The van der Waals surface area contributed by atoms with Crippen molar-refractivity contribution >= 4 is 23.3 Å². The van der Waals surface area contributed by atoms with Crippen molar-refractivity contribution in [2.75, 3.05) is 18.5 Å². The highest BCUT2D eigenvalue weighted by Gasteiger charge is 2.17. The van der Waals surface area contributed by atoms with Crippen LogP contribution in [-0.2, 0) is 4.74 Å². The van der Waals surface area contributed by atoms with Gasteiger partial charge in [0.1, 0.15) is 0 Å². The number of rotatable bonds is 3. The van der Waals surface area contributed by atoms with Gasteiger partial charge in [-0.3, -0.25) is 0 Å². The quantitative estimate of drug-likeness (QED) is 0.872. The Hall–Kier alpha value is -1.26. The van der Waals surface area contributed by atoms with Crippen LogP contribution >= 0.6 is 11.6 Å². The van der Waals surface area contributed by atoms with E-state index in [1.165, 1.54) is 6.07 Å². The molecular formula is C12H14ClNO3. The molecule has 92 valence electrons. The number of halogens is 1. The highest BCUT2D eigenvalue weighted by Crippen LogP contribution is 2.23. The van der Waals surface area contributed by atoms with E-state index >= 15 is 0 Å². The molecule has 1 fully saturated rings. The van der Waals surface area contributed by atoms with Crippen LogP contribution in [0.15, 0.2) is 18.2 Å². The monoisotopic (exact) mass is 255 g/mol. The topological polar surface area (TPSA) is 58.6 Å². The second kappa shape index (κ2) is 5.38. The molecule has 0 aliphatic carbocycles. The summed E-state index contributed by atoms with van der Waals surface area (Å²) < 4.78 is 5.26. The Morgan fingerprint density at radius 2 is 2.12 bits per heavy atom. The lowest BCUT2D eigenvalue weighted by Gasteiger charge is -2.24. The van der Waals surface area contributed by atoms with E-state index in [1.807, 2.05) is 0 Å². The van der Waals surface area contributed by atoms with Crippen LogP contribution in [0.4, 0.5) is 5.69 Å². The lowest BCUT2D eigenvalue weighted by atomic mass is 10.1. The molecule has 1 aromatic carbocycles. The van der Waals surface area contributed by atoms with Gasteiger partial charge in [0.2, 0.25) is 0 Å². The van der Waals surface area contributed by atoms with Gasteiger partial charge in [-0.15, -0.1) is 0 Å². The number of carbonyl (C=O) groups is 1. The number of hydrogen-bond donors (Lipinski definition) is 2. The van der Waals surface area contributed by atoms with E-state index in [0.717, 1.165) is 12.8 Å². The van der Waals surface area contributed by atoms with Crippen molar-refractivity contribution in [3.05, 3.63) is 28.8 Å². The Balaban J connectivity index is 2.17. The van der Waals surface area contributed by atoms with Gasteiger partial charge < -0.3 is 15.2 Å². The maximum Gasteiger partial charge on any atom is 0.337 e. The van der Waals surface area contributed by atoms with Crippen LogP contribution in [0.25, 0.3) is 0 Å². The van der Waals surface area contributed by atoms with Crippen LogP contribution in [0.5, 0.6) is 0 Å². The third kappa shape index (κ3) is 3.11. The van der Waals surface area contributed by atoms with Crippen molar-refractivity contribution in [3.8, 4) is 0 Å². The lowest BCUT2D eigenvalue weighted by molar-refractivity contribution is 0.0697. The zero-order valence-corrected chi connectivity index (χ0v) is 10.0. The summed E-state index contributed by atoms with van der Waals surface area (Å²) in [6.45, 7) is 1.42. The lowest BCUT2D eigenvalue weighted by Crippen LogP contribution is -2.28. The van der Waals surface area contributed by atoms with Gasteiger partial charge in [-0.1, -0.05) is 11.6 Å². The minimum absolute atomic E-state index is 0.250. The molecule has 0 amide bonds. The third-order valence-electron chi connectivity index (χ3n) is 2.79. The van der Waals surface area contributed by atoms with Crippen molar-refractivity contribution in [2.45, 2.75) is 18.9 Å². The first kappa shape index (κ1) is 12.2. The summed E-state index contributed by atoms with van der Waals surface area (Å²) in [5.41, 5.74) is 0.831. The predicted octanol–water partition coefficient (Wildman–Crippen LogP) is 2.63. The fourth-order valence-corrected chi connectivity index (χ4v) is 2.06. The van der Waals surface area contributed by atoms with Crippen molar-refractivity contribution in [1.82, 2.24) is 0 Å². The summed E-state index contributed by atoms with van der Waals surface area (Å²) in [5.74, 6) is -0.948. The van der Waals surface area contributed by atoms with Gasteiger partial charge in [0, 0.05) is 24.3 Å². The van der Waals surface area contributed by atoms with Gasteiger partial charge >= 0.3 is 5.97 Å². The summed E-state index contributed by atoms with van der Waals surface area (Å²) in [7, 11) is 0. The maximum absolute atomic E-state index is 11.1. The molecule has 1 saturated heterocycles. The van der Waals surface area contributed by atoms with Gasteiger partial charge in [0.15, 0.2) is 0 Å². The van der Waals surface area contributed by atoms with Gasteiger partial charge in [0.25, 0.3) is 0 Å². The predicted molar refractivity (Wildman–Crippen MR) is 65.9 cm³/mol. The Bertz CT molecular complexity index is 416. The van der Waals surface area contributed by atoms with Crippen LogP contribution in [0.3, 0.4) is 0 Å². The maximum atomic E-state index is 11.1. The molecule has 1 aliphatic rings. The number of carboxylic acids is 1. The summed E-state index contributed by atoms with van der Waals surface area (Å²) in [5, 5.41) is 12.8. The molecule has 17 heavy (non-hydrogen) atoms. The molecule has 0 bridgehead atoms. The average molecular weight is 256 g/mol. The number of carboxylic acid groups (broad SMARTS) is 1. The number of anilines is 1. The molecule has 0 unspecified atom stereocenters. The molecule has 0 radical (unpaired) electrons. The van der Waals surface area contributed by atoms with Crippen LogP contribution in [-0.4, -0.2) is 30.3 Å². The highest BCUT2D eigenvalue weighted by molar-refractivity contribution is 6.31. The molecule has 0 spiro atoms. The van der Waals surface area contributed by atoms with E-state index in [-0.39, 0.29) is 11.6 Å². The molecule has 0 atom stereocenters. The highest BCUT2D eigenvalue weighted by atomic mass is 35.5. The van der Waals surface area contributed by atoms with Crippen LogP contribution < -0.4 is 5.32 Å². The Labute approximate surface area is 105 Å². The molecule has 0 saturated carbocycles. The summed E-state index contributed by atoms with van der Waals surface area (Å²) in [6, 6.07) is 5.01. The molecule has 2 rings (SSSR count). The standard InChI is InChI=1S/C12H14ClNO3/c13-8-1-2-10(12(15)16)11(7-8)14-9-3-5-17-6-4-9/h1-2,7,9,14H,3-6H2,(H,15,16). The molecular weight excluding hydrogens is 242 g/mol. The summed E-state index contributed by atoms with van der Waals surface area (Å²) in [6.07, 6.45) is 1.76. The molecule has 1 heterocycles. The zero-order chi connectivity index (χ0) is 12.3. The second-order valence-electron chi connectivity index (χ2n) is 4.03. The first-order valence-corrected chi connectivity index (χ1v) is 5.92. The SMILES string of the molecule is O=C(O)c1ccc(Cl)cc1NC1CCOCC1.